The van der Waals surface area contributed by atoms with Crippen molar-refractivity contribution in [2.45, 2.75) is 31.7 Å². The molecule has 4 N–H and O–H groups in total. The number of rotatable bonds is 7. The third-order valence-corrected chi connectivity index (χ3v) is 3.91. The first kappa shape index (κ1) is 13.8. The predicted octanol–water partition coefficient (Wildman–Crippen LogP) is 0.110. The lowest BCUT2D eigenvalue weighted by molar-refractivity contribution is -0.138. The van der Waals surface area contributed by atoms with Crippen LogP contribution in [0.25, 0.3) is 0 Å². The maximum atomic E-state index is 10.9. The second kappa shape index (κ2) is 6.50. The molecule has 1 aliphatic heterocycles. The Morgan fingerprint density at radius 3 is 2.72 bits per heavy atom. The molecule has 0 radical (unpaired) electrons. The smallest absolute Gasteiger partial charge is 0.303 e. The van der Waals surface area contributed by atoms with Crippen molar-refractivity contribution in [3.05, 3.63) is 0 Å². The Morgan fingerprint density at radius 1 is 1.33 bits per heavy atom. The molecule has 1 aliphatic carbocycles. The van der Waals surface area contributed by atoms with Gasteiger partial charge in [-0.15, -0.1) is 0 Å². The van der Waals surface area contributed by atoms with E-state index >= 15 is 0 Å². The van der Waals surface area contributed by atoms with Crippen LogP contribution < -0.4 is 11.1 Å². The van der Waals surface area contributed by atoms with Crippen molar-refractivity contribution in [1.82, 2.24) is 10.2 Å². The number of hydrogen-bond donors (Lipinski definition) is 3. The van der Waals surface area contributed by atoms with Gasteiger partial charge in [-0.25, -0.2) is 0 Å². The van der Waals surface area contributed by atoms with E-state index in [1.165, 1.54) is 12.8 Å². The molecule has 0 bridgehead atoms. The molecule has 104 valence electrons. The maximum absolute atomic E-state index is 10.9. The third-order valence-electron chi connectivity index (χ3n) is 3.91. The summed E-state index contributed by atoms with van der Waals surface area (Å²) in [6.45, 7) is 4.51. The molecule has 0 spiro atoms. The minimum atomic E-state index is -0.685. The molecule has 18 heavy (non-hydrogen) atoms. The van der Waals surface area contributed by atoms with E-state index in [1.54, 1.807) is 0 Å². The summed E-state index contributed by atoms with van der Waals surface area (Å²) < 4.78 is 0. The van der Waals surface area contributed by atoms with Gasteiger partial charge >= 0.3 is 5.97 Å². The fraction of sp³-hybridized carbons (Fsp3) is 0.923. The summed E-state index contributed by atoms with van der Waals surface area (Å²) in [6, 6.07) is 0.440. The normalized spacial score (nSPS) is 29.4. The fourth-order valence-corrected chi connectivity index (χ4v) is 2.87. The summed E-state index contributed by atoms with van der Waals surface area (Å²) in [5, 5.41) is 12.5. The monoisotopic (exact) mass is 255 g/mol. The molecule has 1 heterocycles. The molecule has 0 aromatic carbocycles. The van der Waals surface area contributed by atoms with Crippen molar-refractivity contribution in [2.75, 3.05) is 32.7 Å². The number of nitrogens with one attached hydrogen (secondary N) is 1. The summed E-state index contributed by atoms with van der Waals surface area (Å²) in [6.07, 6.45) is 3.97. The summed E-state index contributed by atoms with van der Waals surface area (Å²) in [7, 11) is 0. The molecule has 1 saturated carbocycles. The van der Waals surface area contributed by atoms with Gasteiger partial charge in [0, 0.05) is 38.6 Å². The highest BCUT2D eigenvalue weighted by Crippen LogP contribution is 2.28. The van der Waals surface area contributed by atoms with E-state index in [2.05, 4.69) is 10.2 Å². The second-order valence-electron chi connectivity index (χ2n) is 5.80. The van der Waals surface area contributed by atoms with Crippen molar-refractivity contribution in [3.63, 3.8) is 0 Å². The average Bonchev–Trinajstić information content (AvgIpc) is 3.09. The van der Waals surface area contributed by atoms with Gasteiger partial charge in [-0.05, 0) is 37.6 Å². The first-order chi connectivity index (χ1) is 8.67. The Morgan fingerprint density at radius 2 is 2.11 bits per heavy atom. The van der Waals surface area contributed by atoms with Crippen molar-refractivity contribution in [3.8, 4) is 0 Å². The van der Waals surface area contributed by atoms with E-state index in [9.17, 15) is 4.79 Å². The molecule has 0 amide bonds. The number of hydrogen-bond acceptors (Lipinski definition) is 4. The number of piperidine rings is 1. The summed E-state index contributed by atoms with van der Waals surface area (Å²) >= 11 is 0. The van der Waals surface area contributed by atoms with Crippen LogP contribution in [0.15, 0.2) is 0 Å². The Hall–Kier alpha value is -0.650. The van der Waals surface area contributed by atoms with Crippen molar-refractivity contribution in [2.24, 2.45) is 17.6 Å². The van der Waals surface area contributed by atoms with Crippen molar-refractivity contribution in [1.29, 1.82) is 0 Å². The molecular formula is C13H25N3O2. The third kappa shape index (κ3) is 4.55. The Balaban J connectivity index is 1.81. The van der Waals surface area contributed by atoms with Gasteiger partial charge in [0.1, 0.15) is 0 Å². The molecule has 2 unspecified atom stereocenters. The highest BCUT2D eigenvalue weighted by molar-refractivity contribution is 5.67. The lowest BCUT2D eigenvalue weighted by Gasteiger charge is -2.37. The van der Waals surface area contributed by atoms with Crippen LogP contribution in [-0.2, 0) is 4.79 Å². The van der Waals surface area contributed by atoms with E-state index in [4.69, 9.17) is 10.8 Å². The molecule has 2 atom stereocenters. The number of nitrogens with two attached hydrogens (primary N) is 1. The van der Waals surface area contributed by atoms with Gasteiger partial charge in [0.2, 0.25) is 0 Å². The first-order valence-corrected chi connectivity index (χ1v) is 7.05. The quantitative estimate of drug-likeness (QED) is 0.602. The lowest BCUT2D eigenvalue weighted by atomic mass is 9.91. The van der Waals surface area contributed by atoms with Crippen LogP contribution in [0.5, 0.6) is 0 Å². The number of carboxylic acid groups (broad SMARTS) is 1. The molecule has 2 aliphatic rings. The van der Waals surface area contributed by atoms with Gasteiger partial charge in [0.05, 0.1) is 0 Å². The van der Waals surface area contributed by atoms with Crippen molar-refractivity contribution >= 4 is 5.97 Å². The van der Waals surface area contributed by atoms with Crippen molar-refractivity contribution < 1.29 is 9.90 Å². The maximum Gasteiger partial charge on any atom is 0.303 e. The van der Waals surface area contributed by atoms with Gasteiger partial charge in [-0.2, -0.15) is 0 Å². The summed E-state index contributed by atoms with van der Waals surface area (Å²) in [5.74, 6) is 0.447. The summed E-state index contributed by atoms with van der Waals surface area (Å²) in [5.41, 5.74) is 5.61. The molecule has 1 saturated heterocycles. The van der Waals surface area contributed by atoms with Crippen LogP contribution in [0.2, 0.25) is 0 Å². The Kier molecular flexibility index (Phi) is 4.97. The average molecular weight is 255 g/mol. The molecule has 2 rings (SSSR count). The zero-order chi connectivity index (χ0) is 13.0. The minimum absolute atomic E-state index is 0.263. The Bertz CT molecular complexity index is 281. The highest BCUT2D eigenvalue weighted by atomic mass is 16.4. The van der Waals surface area contributed by atoms with Crippen LogP contribution >= 0.6 is 0 Å². The Labute approximate surface area is 109 Å². The van der Waals surface area contributed by atoms with Crippen LogP contribution in [0.4, 0.5) is 0 Å². The van der Waals surface area contributed by atoms with Crippen LogP contribution in [0, 0.1) is 11.8 Å². The van der Waals surface area contributed by atoms with Crippen LogP contribution in [-0.4, -0.2) is 54.7 Å². The van der Waals surface area contributed by atoms with Crippen LogP contribution in [0.3, 0.4) is 0 Å². The molecular weight excluding hydrogens is 230 g/mol. The number of nitrogens with zero attached hydrogens (tertiary/aromatic N) is 1. The van der Waals surface area contributed by atoms with Gasteiger partial charge in [-0.1, -0.05) is 0 Å². The number of aliphatic carboxylic acids is 1. The zero-order valence-corrected chi connectivity index (χ0v) is 11.0. The van der Waals surface area contributed by atoms with E-state index < -0.39 is 5.97 Å². The van der Waals surface area contributed by atoms with Gasteiger partial charge in [0.25, 0.3) is 0 Å². The number of likely N-dealkylation sites (tertiary alicyclic amines) is 1. The van der Waals surface area contributed by atoms with E-state index in [1.807, 2.05) is 0 Å². The lowest BCUT2D eigenvalue weighted by Crippen LogP contribution is -2.51. The SMILES string of the molecule is NCCN1CC(CC(=O)O)CC(NCC2CC2)C1. The standard InChI is InChI=1S/C13H25N3O2/c14-3-4-16-8-11(6-13(17)18)5-12(9-16)15-7-10-1-2-10/h10-12,15H,1-9,14H2,(H,17,18). The topological polar surface area (TPSA) is 78.6 Å². The van der Waals surface area contributed by atoms with Crippen LogP contribution in [0.1, 0.15) is 25.7 Å². The largest absolute Gasteiger partial charge is 0.481 e. The van der Waals surface area contributed by atoms with Gasteiger partial charge in [-0.3, -0.25) is 4.79 Å². The molecule has 5 heteroatoms. The minimum Gasteiger partial charge on any atom is -0.481 e. The van der Waals surface area contributed by atoms with E-state index in [0.29, 0.717) is 12.6 Å². The summed E-state index contributed by atoms with van der Waals surface area (Å²) in [4.78, 5) is 13.2. The van der Waals surface area contributed by atoms with E-state index in [-0.39, 0.29) is 12.3 Å². The number of carboxylic acids is 1. The molecule has 0 aromatic rings. The van der Waals surface area contributed by atoms with Gasteiger partial charge in [0.15, 0.2) is 0 Å². The zero-order valence-electron chi connectivity index (χ0n) is 11.0. The van der Waals surface area contributed by atoms with E-state index in [0.717, 1.165) is 38.5 Å². The first-order valence-electron chi connectivity index (χ1n) is 7.05. The highest BCUT2D eigenvalue weighted by Gasteiger charge is 2.29. The predicted molar refractivity (Wildman–Crippen MR) is 70.4 cm³/mol. The molecule has 2 fully saturated rings. The molecule has 5 nitrogen and oxygen atoms in total. The fourth-order valence-electron chi connectivity index (χ4n) is 2.87. The second-order valence-corrected chi connectivity index (χ2v) is 5.80. The number of carbonyl (C=O) groups is 1. The van der Waals surface area contributed by atoms with Gasteiger partial charge < -0.3 is 21.1 Å². The molecule has 0 aromatic heterocycles.